The Morgan fingerprint density at radius 1 is 1.12 bits per heavy atom. The summed E-state index contributed by atoms with van der Waals surface area (Å²) in [6.45, 7) is 11.1. The Morgan fingerprint density at radius 2 is 1.80 bits per heavy atom. The largest absolute Gasteiger partial charge is 0.491 e. The maximum atomic E-state index is 10.3. The van der Waals surface area contributed by atoms with Gasteiger partial charge in [0.1, 0.15) is 25.0 Å². The lowest BCUT2D eigenvalue weighted by molar-refractivity contribution is -0.954. The van der Waals surface area contributed by atoms with Crippen LogP contribution in [0, 0.1) is 0 Å². The van der Waals surface area contributed by atoms with Crippen LogP contribution in [0.4, 0.5) is 0 Å². The number of benzene rings is 1. The van der Waals surface area contributed by atoms with Crippen molar-refractivity contribution in [2.75, 3.05) is 26.4 Å². The topological polar surface area (TPSA) is 43.1 Å². The molecule has 1 aromatic carbocycles. The zero-order valence-electron chi connectivity index (χ0n) is 16.3. The summed E-state index contributed by atoms with van der Waals surface area (Å²) in [6.07, 6.45) is 3.43. The van der Waals surface area contributed by atoms with Crippen LogP contribution in [0.2, 0.25) is 0 Å². The molecule has 1 aromatic rings. The monoisotopic (exact) mass is 350 g/mol. The molecule has 3 atom stereocenters. The van der Waals surface area contributed by atoms with Crippen molar-refractivity contribution in [1.29, 1.82) is 0 Å². The Bertz CT molecular complexity index is 496. The molecule has 1 fully saturated rings. The molecular weight excluding hydrogens is 314 g/mol. The number of rotatable bonds is 9. The van der Waals surface area contributed by atoms with E-state index in [0.717, 1.165) is 12.3 Å². The van der Waals surface area contributed by atoms with Crippen LogP contribution in [-0.4, -0.2) is 49.7 Å². The van der Waals surface area contributed by atoms with Crippen molar-refractivity contribution in [3.05, 3.63) is 29.8 Å². The SMILES string of the molecule is CC(C)c1ccccc1OCCOC[C@@H](O)C[NH+]1[C@H](C)CCC[C@H]1C. The van der Waals surface area contributed by atoms with Crippen LogP contribution < -0.4 is 9.64 Å². The predicted octanol–water partition coefficient (Wildman–Crippen LogP) is 2.41. The number of aliphatic hydroxyl groups is 1. The van der Waals surface area contributed by atoms with Crippen molar-refractivity contribution >= 4 is 0 Å². The van der Waals surface area contributed by atoms with Gasteiger partial charge in [-0.15, -0.1) is 0 Å². The first-order valence-electron chi connectivity index (χ1n) is 9.82. The van der Waals surface area contributed by atoms with E-state index in [1.165, 1.54) is 29.7 Å². The van der Waals surface area contributed by atoms with Gasteiger partial charge in [-0.2, -0.15) is 0 Å². The minimum atomic E-state index is -0.402. The van der Waals surface area contributed by atoms with E-state index < -0.39 is 6.10 Å². The molecule has 1 saturated heterocycles. The normalized spacial score (nSPS) is 23.0. The number of para-hydroxylation sites is 1. The average Bonchev–Trinajstić information content (AvgIpc) is 2.58. The molecule has 0 aliphatic carbocycles. The van der Waals surface area contributed by atoms with Gasteiger partial charge in [-0.1, -0.05) is 32.0 Å². The molecule has 0 amide bonds. The molecule has 1 aliphatic heterocycles. The number of hydrogen-bond donors (Lipinski definition) is 2. The maximum absolute atomic E-state index is 10.3. The van der Waals surface area contributed by atoms with E-state index >= 15 is 0 Å². The number of ether oxygens (including phenoxy) is 2. The Morgan fingerprint density at radius 3 is 2.48 bits per heavy atom. The molecule has 25 heavy (non-hydrogen) atoms. The summed E-state index contributed by atoms with van der Waals surface area (Å²) in [4.78, 5) is 1.52. The fraction of sp³-hybridized carbons (Fsp3) is 0.714. The second-order valence-corrected chi connectivity index (χ2v) is 7.78. The fourth-order valence-corrected chi connectivity index (χ4v) is 3.84. The third-order valence-electron chi connectivity index (χ3n) is 5.35. The number of quaternary nitrogens is 1. The van der Waals surface area contributed by atoms with Gasteiger partial charge in [0.2, 0.25) is 0 Å². The smallest absolute Gasteiger partial charge is 0.126 e. The van der Waals surface area contributed by atoms with Crippen molar-refractivity contribution in [2.24, 2.45) is 0 Å². The van der Waals surface area contributed by atoms with Gasteiger partial charge < -0.3 is 19.5 Å². The van der Waals surface area contributed by atoms with Gasteiger partial charge >= 0.3 is 0 Å². The van der Waals surface area contributed by atoms with Gasteiger partial charge in [-0.3, -0.25) is 0 Å². The Labute approximate surface area is 153 Å². The van der Waals surface area contributed by atoms with Crippen LogP contribution in [-0.2, 0) is 4.74 Å². The standard InChI is InChI=1S/C21H35NO3/c1-16(2)20-10-5-6-11-21(20)25-13-12-24-15-19(23)14-22-17(3)8-7-9-18(22)4/h5-6,10-11,16-19,23H,7-9,12-15H2,1-4H3/p+1/t17-,18-,19+/m1/s1. The molecule has 4 heteroatoms. The number of hydrogen-bond acceptors (Lipinski definition) is 3. The summed E-state index contributed by atoms with van der Waals surface area (Å²) in [5.74, 6) is 1.37. The Hall–Kier alpha value is -1.10. The zero-order chi connectivity index (χ0) is 18.2. The van der Waals surface area contributed by atoms with Gasteiger partial charge in [0, 0.05) is 0 Å². The zero-order valence-corrected chi connectivity index (χ0v) is 16.3. The average molecular weight is 351 g/mol. The molecule has 0 saturated carbocycles. The lowest BCUT2D eigenvalue weighted by Gasteiger charge is -2.36. The molecule has 0 bridgehead atoms. The Balaban J connectivity index is 1.66. The third-order valence-corrected chi connectivity index (χ3v) is 5.35. The van der Waals surface area contributed by atoms with E-state index in [4.69, 9.17) is 9.47 Å². The second kappa shape index (κ2) is 10.1. The summed E-state index contributed by atoms with van der Waals surface area (Å²) in [6, 6.07) is 9.42. The number of piperidine rings is 1. The number of likely N-dealkylation sites (tertiary alicyclic amines) is 1. The highest BCUT2D eigenvalue weighted by molar-refractivity contribution is 5.35. The first-order chi connectivity index (χ1) is 12.0. The van der Waals surface area contributed by atoms with Crippen LogP contribution in [0.5, 0.6) is 5.75 Å². The lowest BCUT2D eigenvalue weighted by Crippen LogP contribution is -3.20. The molecule has 4 nitrogen and oxygen atoms in total. The predicted molar refractivity (Wildman–Crippen MR) is 101 cm³/mol. The highest BCUT2D eigenvalue weighted by atomic mass is 16.5. The van der Waals surface area contributed by atoms with Crippen LogP contribution in [0.15, 0.2) is 24.3 Å². The second-order valence-electron chi connectivity index (χ2n) is 7.78. The molecule has 1 heterocycles. The maximum Gasteiger partial charge on any atom is 0.126 e. The van der Waals surface area contributed by atoms with E-state index in [1.54, 1.807) is 0 Å². The first-order valence-corrected chi connectivity index (χ1v) is 9.82. The summed E-state index contributed by atoms with van der Waals surface area (Å²) in [7, 11) is 0. The van der Waals surface area contributed by atoms with Gasteiger partial charge in [0.15, 0.2) is 0 Å². The molecular formula is C21H36NO3+. The lowest BCUT2D eigenvalue weighted by atomic mass is 9.97. The summed E-state index contributed by atoms with van der Waals surface area (Å²) >= 11 is 0. The fourth-order valence-electron chi connectivity index (χ4n) is 3.84. The molecule has 2 rings (SSSR count). The molecule has 0 spiro atoms. The summed E-state index contributed by atoms with van der Waals surface area (Å²) in [5, 5.41) is 10.3. The van der Waals surface area contributed by atoms with Gasteiger partial charge in [-0.05, 0) is 50.7 Å². The molecule has 0 unspecified atom stereocenters. The van der Waals surface area contributed by atoms with Gasteiger partial charge in [-0.25, -0.2) is 0 Å². The van der Waals surface area contributed by atoms with Crippen molar-refractivity contribution in [3.8, 4) is 5.75 Å². The molecule has 0 aromatic heterocycles. The number of aliphatic hydroxyl groups excluding tert-OH is 1. The first kappa shape index (κ1) is 20.2. The summed E-state index contributed by atoms with van der Waals surface area (Å²) in [5.41, 5.74) is 1.22. The minimum Gasteiger partial charge on any atom is -0.491 e. The van der Waals surface area contributed by atoms with Crippen molar-refractivity contribution in [2.45, 2.75) is 71.1 Å². The van der Waals surface area contributed by atoms with E-state index in [-0.39, 0.29) is 0 Å². The highest BCUT2D eigenvalue weighted by Crippen LogP contribution is 2.25. The highest BCUT2D eigenvalue weighted by Gasteiger charge is 2.30. The van der Waals surface area contributed by atoms with Crippen LogP contribution in [0.1, 0.15) is 58.4 Å². The van der Waals surface area contributed by atoms with E-state index in [2.05, 4.69) is 33.8 Å². The van der Waals surface area contributed by atoms with E-state index in [0.29, 0.717) is 37.8 Å². The van der Waals surface area contributed by atoms with Crippen LogP contribution >= 0.6 is 0 Å². The molecule has 142 valence electrons. The van der Waals surface area contributed by atoms with Gasteiger partial charge in [0.25, 0.3) is 0 Å². The summed E-state index contributed by atoms with van der Waals surface area (Å²) < 4.78 is 11.5. The van der Waals surface area contributed by atoms with Crippen molar-refractivity contribution in [3.63, 3.8) is 0 Å². The third kappa shape index (κ3) is 6.28. The number of nitrogens with one attached hydrogen (secondary N) is 1. The quantitative estimate of drug-likeness (QED) is 0.672. The van der Waals surface area contributed by atoms with Crippen molar-refractivity contribution in [1.82, 2.24) is 0 Å². The van der Waals surface area contributed by atoms with E-state index in [9.17, 15) is 5.11 Å². The van der Waals surface area contributed by atoms with Crippen LogP contribution in [0.3, 0.4) is 0 Å². The van der Waals surface area contributed by atoms with Gasteiger partial charge in [0.05, 0.1) is 25.3 Å². The molecule has 1 aliphatic rings. The Kier molecular flexibility index (Phi) is 8.20. The molecule has 2 N–H and O–H groups in total. The van der Waals surface area contributed by atoms with Crippen molar-refractivity contribution < 1.29 is 19.5 Å². The minimum absolute atomic E-state index is 0.387. The van der Waals surface area contributed by atoms with E-state index in [1.807, 2.05) is 18.2 Å². The van der Waals surface area contributed by atoms with Crippen LogP contribution in [0.25, 0.3) is 0 Å². The molecule has 0 radical (unpaired) electrons.